The molecular weight excluding hydrogens is 440 g/mol. The van der Waals surface area contributed by atoms with Gasteiger partial charge in [-0.3, -0.25) is 9.98 Å². The second-order valence-electron chi connectivity index (χ2n) is 7.60. The fourth-order valence-corrected chi connectivity index (χ4v) is 3.31. The smallest absolute Gasteiger partial charge is 0.660 e. The van der Waals surface area contributed by atoms with Crippen molar-refractivity contribution in [1.29, 1.82) is 0 Å². The predicted molar refractivity (Wildman–Crippen MR) is 132 cm³/mol. The third-order valence-electron chi connectivity index (χ3n) is 4.61. The van der Waals surface area contributed by atoms with Gasteiger partial charge in [0.2, 0.25) is 0 Å². The molecule has 2 aromatic rings. The molecule has 168 valence electrons. The van der Waals surface area contributed by atoms with E-state index in [0.29, 0.717) is 0 Å². The summed E-state index contributed by atoms with van der Waals surface area (Å²) in [6.45, 7) is 9.88. The molecule has 0 radical (unpaired) electrons. The average molecular weight is 470 g/mol. The Morgan fingerprint density at radius 1 is 0.656 bits per heavy atom. The molecule has 2 aromatic carbocycles. The summed E-state index contributed by atoms with van der Waals surface area (Å²) in [4.78, 5) is 9.43. The molecule has 0 unspecified atom stereocenters. The Kier molecular flexibility index (Phi) is 10.4. The molecule has 2 heterocycles. The number of benzene rings is 2. The number of hydrogen-bond donors (Lipinski definition) is 0. The monoisotopic (exact) mass is 470 g/mol. The molecule has 0 aromatic heterocycles. The van der Waals surface area contributed by atoms with Gasteiger partial charge >= 0.3 is 17.1 Å². The van der Waals surface area contributed by atoms with Crippen molar-refractivity contribution < 1.29 is 21.8 Å². The van der Waals surface area contributed by atoms with Gasteiger partial charge in [-0.25, -0.2) is 0 Å². The van der Waals surface area contributed by atoms with E-state index in [-0.39, 0.29) is 17.1 Å². The Hall–Kier alpha value is -2.66. The molecule has 6 heteroatoms. The third-order valence-corrected chi connectivity index (χ3v) is 4.61. The molecule has 0 saturated carbocycles. The minimum atomic E-state index is 0. The van der Waals surface area contributed by atoms with E-state index in [1.807, 2.05) is 88.4 Å². The molecule has 0 amide bonds. The van der Waals surface area contributed by atoms with E-state index in [2.05, 4.69) is 0 Å². The van der Waals surface area contributed by atoms with Gasteiger partial charge in [-0.15, -0.1) is 11.4 Å². The largest absolute Gasteiger partial charge is 2.00 e. The predicted octanol–water partition coefficient (Wildman–Crippen LogP) is 8.20. The van der Waals surface area contributed by atoms with Crippen molar-refractivity contribution in [2.45, 2.75) is 40.5 Å². The normalized spacial score (nSPS) is 19.1. The molecule has 1 saturated heterocycles. The first kappa shape index (κ1) is 25.6. The third kappa shape index (κ3) is 8.12. The summed E-state index contributed by atoms with van der Waals surface area (Å²) in [7, 11) is 0. The first-order valence-corrected chi connectivity index (χ1v) is 10.7. The Labute approximate surface area is 202 Å². The van der Waals surface area contributed by atoms with E-state index in [4.69, 9.17) is 25.4 Å². The van der Waals surface area contributed by atoms with E-state index in [0.717, 1.165) is 58.8 Å². The van der Waals surface area contributed by atoms with Crippen molar-refractivity contribution >= 4 is 34.2 Å². The number of hydrogen-bond acceptors (Lipinski definition) is 3. The summed E-state index contributed by atoms with van der Waals surface area (Å²) in [5, 5.41) is 9.43. The molecule has 2 aliphatic rings. The van der Waals surface area contributed by atoms with Crippen LogP contribution in [-0.4, -0.2) is 24.6 Å². The molecule has 0 spiro atoms. The zero-order valence-electron chi connectivity index (χ0n) is 19.2. The van der Waals surface area contributed by atoms with Crippen LogP contribution < -0.4 is 0 Å². The first-order chi connectivity index (χ1) is 15.0. The van der Waals surface area contributed by atoms with E-state index in [1.54, 1.807) is 0 Å². The van der Waals surface area contributed by atoms with Crippen LogP contribution in [0, 0.1) is 0 Å². The second-order valence-corrected chi connectivity index (χ2v) is 7.60. The zero-order chi connectivity index (χ0) is 22.1. The Morgan fingerprint density at radius 2 is 1.06 bits per heavy atom. The number of nitrogens with zero attached hydrogens (tertiary/aromatic N) is 4. The number of ether oxygens (including phenoxy) is 1. The molecule has 0 bridgehead atoms. The van der Waals surface area contributed by atoms with Crippen LogP contribution >= 0.6 is 0 Å². The summed E-state index contributed by atoms with van der Waals surface area (Å²) >= 11 is 0. The minimum Gasteiger partial charge on any atom is -0.660 e. The van der Waals surface area contributed by atoms with Gasteiger partial charge in [0, 0.05) is 36.0 Å². The number of para-hydroxylation sites is 4. The number of aliphatic imine (C=N–C) groups is 2. The topological polar surface area (TPSA) is 62.1 Å². The maximum absolute atomic E-state index is 4.94. The van der Waals surface area contributed by atoms with Crippen molar-refractivity contribution in [3.8, 4) is 0 Å². The van der Waals surface area contributed by atoms with Crippen LogP contribution in [-0.2, 0) is 21.8 Å². The van der Waals surface area contributed by atoms with Crippen LogP contribution in [0.4, 0.5) is 22.7 Å². The molecule has 0 atom stereocenters. The van der Waals surface area contributed by atoms with Crippen LogP contribution in [0.25, 0.3) is 10.6 Å². The SMILES string of the molecule is C1CCOC1.CC1=Nc2ccccc2[N-]/C(C)=C\C(C)=Nc2ccccc2[N-]/C(C)=C\1.[Fe+2]. The molecule has 0 aliphatic carbocycles. The van der Waals surface area contributed by atoms with Gasteiger partial charge in [0.05, 0.1) is 0 Å². The van der Waals surface area contributed by atoms with Gasteiger partial charge < -0.3 is 15.4 Å². The van der Waals surface area contributed by atoms with Crippen LogP contribution in [0.2, 0.25) is 0 Å². The molecule has 5 nitrogen and oxygen atoms in total. The molecule has 0 N–H and O–H groups in total. The van der Waals surface area contributed by atoms with Crippen LogP contribution in [0.1, 0.15) is 40.5 Å². The Balaban J connectivity index is 0.000000534. The van der Waals surface area contributed by atoms with E-state index in [9.17, 15) is 0 Å². The van der Waals surface area contributed by atoms with Crippen molar-refractivity contribution in [3.63, 3.8) is 0 Å². The van der Waals surface area contributed by atoms with Crippen molar-refractivity contribution in [2.75, 3.05) is 13.2 Å². The second kappa shape index (κ2) is 13.0. The van der Waals surface area contributed by atoms with Crippen LogP contribution in [0.5, 0.6) is 0 Å². The van der Waals surface area contributed by atoms with Gasteiger partial charge in [-0.05, 0) is 38.8 Å². The van der Waals surface area contributed by atoms with Crippen LogP contribution in [0.3, 0.4) is 0 Å². The summed E-state index contributed by atoms with van der Waals surface area (Å²) in [6, 6.07) is 15.8. The standard InChI is InChI=1S/C22H22N4.C4H8O.Fe/c1-15-13-16(2)24-21-11-7-8-12-22(21)26-18(4)14-17(3)25-20-10-6-5-9-19(20)23-15;1-2-4-5-3-1;/h5-14H,1-4H3;1-4H2;/q-2;;+2/b15-13-,18-14-,24-16?,25-17?;;. The van der Waals surface area contributed by atoms with Gasteiger partial charge in [-0.2, -0.15) is 11.4 Å². The summed E-state index contributed by atoms with van der Waals surface area (Å²) < 4.78 is 4.94. The molecular formula is C26H30FeN4O. The van der Waals surface area contributed by atoms with Gasteiger partial charge in [0.15, 0.2) is 0 Å². The van der Waals surface area contributed by atoms with Crippen molar-refractivity contribution in [3.05, 3.63) is 82.7 Å². The van der Waals surface area contributed by atoms with Gasteiger partial charge in [-0.1, -0.05) is 62.4 Å². The van der Waals surface area contributed by atoms with E-state index in [1.165, 1.54) is 12.8 Å². The van der Waals surface area contributed by atoms with E-state index < -0.39 is 0 Å². The first-order valence-electron chi connectivity index (χ1n) is 10.7. The van der Waals surface area contributed by atoms with Gasteiger partial charge in [0.25, 0.3) is 0 Å². The fourth-order valence-electron chi connectivity index (χ4n) is 3.31. The maximum atomic E-state index is 4.94. The van der Waals surface area contributed by atoms with Crippen molar-refractivity contribution in [1.82, 2.24) is 0 Å². The molecule has 2 aliphatic heterocycles. The maximum Gasteiger partial charge on any atom is 2.00 e. The summed E-state index contributed by atoms with van der Waals surface area (Å²) in [6.07, 6.45) is 6.50. The Morgan fingerprint density at radius 3 is 1.44 bits per heavy atom. The summed E-state index contributed by atoms with van der Waals surface area (Å²) in [5.41, 5.74) is 6.88. The van der Waals surface area contributed by atoms with E-state index >= 15 is 0 Å². The Bertz CT molecular complexity index is 935. The summed E-state index contributed by atoms with van der Waals surface area (Å²) in [5.74, 6) is 0. The van der Waals surface area contributed by atoms with Gasteiger partial charge in [0.1, 0.15) is 0 Å². The number of rotatable bonds is 0. The molecule has 4 rings (SSSR count). The zero-order valence-corrected chi connectivity index (χ0v) is 20.3. The van der Waals surface area contributed by atoms with Crippen molar-refractivity contribution in [2.24, 2.45) is 9.98 Å². The molecule has 1 fully saturated rings. The minimum absolute atomic E-state index is 0. The quantitative estimate of drug-likeness (QED) is 0.358. The van der Waals surface area contributed by atoms with Crippen LogP contribution in [0.15, 0.2) is 82.1 Å². The number of fused-ring (bicyclic) bond motifs is 2. The number of allylic oxidation sites excluding steroid dienone is 4. The fraction of sp³-hybridized carbons (Fsp3) is 0.308. The molecule has 32 heavy (non-hydrogen) atoms. The average Bonchev–Trinajstić information content (AvgIpc) is 3.30.